The van der Waals surface area contributed by atoms with E-state index in [1.165, 1.54) is 0 Å². The van der Waals surface area contributed by atoms with Crippen molar-refractivity contribution in [3.63, 3.8) is 0 Å². The van der Waals surface area contributed by atoms with E-state index in [1.807, 2.05) is 6.92 Å². The Labute approximate surface area is 96.3 Å². The summed E-state index contributed by atoms with van der Waals surface area (Å²) in [6.07, 6.45) is 0. The van der Waals surface area contributed by atoms with Crippen LogP contribution in [0.4, 0.5) is 0 Å². The Balaban J connectivity index is 3.32. The van der Waals surface area contributed by atoms with Gasteiger partial charge in [0.25, 0.3) is 0 Å². The zero-order valence-electron chi connectivity index (χ0n) is 7.93. The molecule has 0 fully saturated rings. The third-order valence-corrected chi connectivity index (χ3v) is 2.59. The Morgan fingerprint density at radius 3 is 2.71 bits per heavy atom. The summed E-state index contributed by atoms with van der Waals surface area (Å²) in [5.41, 5.74) is 1.39. The van der Waals surface area contributed by atoms with Crippen LogP contribution in [0.15, 0.2) is 12.1 Å². The molecule has 1 rings (SSSR count). The smallest absolute Gasteiger partial charge is 0.177 e. The van der Waals surface area contributed by atoms with Crippen LogP contribution in [0.2, 0.25) is 5.02 Å². The molecule has 0 aromatic heterocycles. The average molecular weight is 278 g/mol. The number of hydrogen-bond acceptors (Lipinski definition) is 2. The number of methoxy groups -OCH3 is 1. The molecule has 0 saturated heterocycles. The van der Waals surface area contributed by atoms with Crippen molar-refractivity contribution in [2.24, 2.45) is 0 Å². The number of aryl methyl sites for hydroxylation is 1. The number of Topliss-reactive ketones (excluding diaryl/α,β-unsaturated/α-hetero) is 1. The molecule has 0 saturated carbocycles. The number of ketones is 1. The van der Waals surface area contributed by atoms with Crippen LogP contribution in [0.3, 0.4) is 0 Å². The van der Waals surface area contributed by atoms with E-state index in [0.717, 1.165) is 5.56 Å². The largest absolute Gasteiger partial charge is 0.496 e. The predicted octanol–water partition coefficient (Wildman–Crippen LogP) is 3.23. The maximum absolute atomic E-state index is 11.5. The van der Waals surface area contributed by atoms with Crippen LogP contribution >= 0.6 is 27.5 Å². The quantitative estimate of drug-likeness (QED) is 0.626. The molecular formula is C10H10BrClO2. The van der Waals surface area contributed by atoms with Crippen molar-refractivity contribution in [2.45, 2.75) is 6.92 Å². The molecule has 0 amide bonds. The van der Waals surface area contributed by atoms with E-state index in [4.69, 9.17) is 16.3 Å². The molecule has 1 aromatic rings. The number of rotatable bonds is 3. The van der Waals surface area contributed by atoms with Crippen LogP contribution in [0.5, 0.6) is 5.75 Å². The second-order valence-electron chi connectivity index (χ2n) is 2.86. The van der Waals surface area contributed by atoms with Gasteiger partial charge in [0.05, 0.1) is 18.0 Å². The highest BCUT2D eigenvalue weighted by atomic mass is 79.9. The van der Waals surface area contributed by atoms with E-state index in [9.17, 15) is 4.79 Å². The normalized spacial score (nSPS) is 10.0. The van der Waals surface area contributed by atoms with Crippen molar-refractivity contribution >= 4 is 33.3 Å². The monoisotopic (exact) mass is 276 g/mol. The summed E-state index contributed by atoms with van der Waals surface area (Å²) in [7, 11) is 1.54. The van der Waals surface area contributed by atoms with Gasteiger partial charge in [-0.15, -0.1) is 0 Å². The standard InChI is InChI=1S/C10H10BrClO2/c1-6-3-7(12)4-8(9(13)5-11)10(6)14-2/h3-4H,5H2,1-2H3. The first kappa shape index (κ1) is 11.5. The van der Waals surface area contributed by atoms with Crippen molar-refractivity contribution in [3.05, 3.63) is 28.3 Å². The number of halogens is 2. The first-order chi connectivity index (χ1) is 6.60. The highest BCUT2D eigenvalue weighted by Crippen LogP contribution is 2.28. The molecule has 0 atom stereocenters. The number of ether oxygens (including phenoxy) is 1. The molecule has 76 valence electrons. The SMILES string of the molecule is COc1c(C)cc(Cl)cc1C(=O)CBr. The fourth-order valence-corrected chi connectivity index (χ4v) is 1.85. The summed E-state index contributed by atoms with van der Waals surface area (Å²) in [6.45, 7) is 1.86. The van der Waals surface area contributed by atoms with Gasteiger partial charge < -0.3 is 4.74 Å². The number of carbonyl (C=O) groups is 1. The first-order valence-corrected chi connectivity index (χ1v) is 5.53. The minimum atomic E-state index is -0.0348. The van der Waals surface area contributed by atoms with E-state index >= 15 is 0 Å². The molecule has 0 N–H and O–H groups in total. The van der Waals surface area contributed by atoms with E-state index in [2.05, 4.69) is 15.9 Å². The number of benzene rings is 1. The van der Waals surface area contributed by atoms with Gasteiger partial charge in [0.15, 0.2) is 5.78 Å². The lowest BCUT2D eigenvalue weighted by molar-refractivity contribution is 0.102. The first-order valence-electron chi connectivity index (χ1n) is 4.03. The third-order valence-electron chi connectivity index (χ3n) is 1.87. The van der Waals surface area contributed by atoms with E-state index in [0.29, 0.717) is 16.3 Å². The van der Waals surface area contributed by atoms with Gasteiger partial charge >= 0.3 is 0 Å². The molecule has 0 radical (unpaired) electrons. The Morgan fingerprint density at radius 1 is 1.57 bits per heavy atom. The molecule has 0 bridgehead atoms. The Morgan fingerprint density at radius 2 is 2.21 bits per heavy atom. The van der Waals surface area contributed by atoms with Crippen molar-refractivity contribution < 1.29 is 9.53 Å². The molecule has 14 heavy (non-hydrogen) atoms. The van der Waals surface area contributed by atoms with Crippen molar-refractivity contribution in [3.8, 4) is 5.75 Å². The van der Waals surface area contributed by atoms with Gasteiger partial charge in [0.1, 0.15) is 5.75 Å². The fourth-order valence-electron chi connectivity index (χ4n) is 1.28. The van der Waals surface area contributed by atoms with Gasteiger partial charge in [-0.25, -0.2) is 0 Å². The van der Waals surface area contributed by atoms with E-state index in [1.54, 1.807) is 19.2 Å². The van der Waals surface area contributed by atoms with Crippen molar-refractivity contribution in [1.82, 2.24) is 0 Å². The molecule has 0 aliphatic carbocycles. The van der Waals surface area contributed by atoms with Crippen LogP contribution in [0.25, 0.3) is 0 Å². The lowest BCUT2D eigenvalue weighted by Crippen LogP contribution is -2.04. The molecule has 0 unspecified atom stereocenters. The van der Waals surface area contributed by atoms with Gasteiger partial charge in [-0.1, -0.05) is 27.5 Å². The van der Waals surface area contributed by atoms with Gasteiger partial charge in [-0.2, -0.15) is 0 Å². The van der Waals surface area contributed by atoms with Crippen molar-refractivity contribution in [2.75, 3.05) is 12.4 Å². The fraction of sp³-hybridized carbons (Fsp3) is 0.300. The Hall–Kier alpha value is -0.540. The Bertz CT molecular complexity index is 363. The highest BCUT2D eigenvalue weighted by Gasteiger charge is 2.14. The minimum Gasteiger partial charge on any atom is -0.496 e. The highest BCUT2D eigenvalue weighted by molar-refractivity contribution is 9.09. The molecule has 4 heteroatoms. The zero-order chi connectivity index (χ0) is 10.7. The summed E-state index contributed by atoms with van der Waals surface area (Å²) in [5, 5.41) is 0.816. The van der Waals surface area contributed by atoms with Crippen LogP contribution in [0, 0.1) is 6.92 Å². The maximum atomic E-state index is 11.5. The van der Waals surface area contributed by atoms with Gasteiger partial charge in [0, 0.05) is 5.02 Å². The molecule has 0 aliphatic heterocycles. The molecule has 0 aliphatic rings. The molecular weight excluding hydrogens is 267 g/mol. The summed E-state index contributed by atoms with van der Waals surface area (Å²) in [4.78, 5) is 11.5. The molecule has 1 aromatic carbocycles. The van der Waals surface area contributed by atoms with Crippen LogP contribution in [-0.2, 0) is 0 Å². The minimum absolute atomic E-state index is 0.0348. The van der Waals surface area contributed by atoms with Gasteiger partial charge in [0.2, 0.25) is 0 Å². The van der Waals surface area contributed by atoms with Crippen LogP contribution in [-0.4, -0.2) is 18.2 Å². The van der Waals surface area contributed by atoms with E-state index in [-0.39, 0.29) is 11.1 Å². The Kier molecular flexibility index (Phi) is 3.96. The number of alkyl halides is 1. The molecule has 2 nitrogen and oxygen atoms in total. The van der Waals surface area contributed by atoms with Gasteiger partial charge in [-0.05, 0) is 24.6 Å². The number of carbonyl (C=O) groups excluding carboxylic acids is 1. The summed E-state index contributed by atoms with van der Waals surface area (Å²) in [6, 6.07) is 3.39. The second kappa shape index (κ2) is 4.80. The maximum Gasteiger partial charge on any atom is 0.177 e. The summed E-state index contributed by atoms with van der Waals surface area (Å²) < 4.78 is 5.15. The number of hydrogen-bond donors (Lipinski definition) is 0. The lowest BCUT2D eigenvalue weighted by atomic mass is 10.1. The zero-order valence-corrected chi connectivity index (χ0v) is 10.3. The lowest BCUT2D eigenvalue weighted by Gasteiger charge is -2.10. The second-order valence-corrected chi connectivity index (χ2v) is 3.86. The predicted molar refractivity (Wildman–Crippen MR) is 60.9 cm³/mol. The van der Waals surface area contributed by atoms with Crippen LogP contribution in [0.1, 0.15) is 15.9 Å². The van der Waals surface area contributed by atoms with Crippen molar-refractivity contribution in [1.29, 1.82) is 0 Å². The summed E-state index contributed by atoms with van der Waals surface area (Å²) >= 11 is 8.97. The topological polar surface area (TPSA) is 26.3 Å². The molecule has 0 heterocycles. The average Bonchev–Trinajstić information content (AvgIpc) is 2.15. The van der Waals surface area contributed by atoms with Gasteiger partial charge in [-0.3, -0.25) is 4.79 Å². The summed E-state index contributed by atoms with van der Waals surface area (Å²) in [5.74, 6) is 0.561. The molecule has 0 spiro atoms. The third kappa shape index (κ3) is 2.28. The van der Waals surface area contributed by atoms with Crippen LogP contribution < -0.4 is 4.74 Å². The van der Waals surface area contributed by atoms with E-state index < -0.39 is 0 Å².